The number of nitrogens with zero attached hydrogens (tertiary/aromatic N) is 1. The zero-order valence-corrected chi connectivity index (χ0v) is 16.4. The number of carbonyl (C=O) groups excluding carboxylic acids is 1. The molecule has 0 saturated carbocycles. The molecule has 0 aliphatic carbocycles. The standard InChI is InChI=1S/C22H20F3NO3/c1-12(2)29-16-8-9-18-17(11-16)19(21(27)28-4)13(3)20(26-18)14-6-5-7-15(10-14)22(23,24)25/h5-12H,1-4H3. The minimum Gasteiger partial charge on any atom is -0.491 e. The molecule has 3 rings (SSSR count). The zero-order chi connectivity index (χ0) is 21.3. The van der Waals surface area contributed by atoms with Crippen molar-refractivity contribution in [2.75, 3.05) is 7.11 Å². The van der Waals surface area contributed by atoms with Crippen molar-refractivity contribution in [1.82, 2.24) is 4.98 Å². The number of halogens is 3. The Morgan fingerprint density at radius 3 is 2.45 bits per heavy atom. The highest BCUT2D eigenvalue weighted by molar-refractivity contribution is 6.06. The summed E-state index contributed by atoms with van der Waals surface area (Å²) < 4.78 is 50.0. The van der Waals surface area contributed by atoms with Crippen molar-refractivity contribution in [3.63, 3.8) is 0 Å². The van der Waals surface area contributed by atoms with E-state index in [2.05, 4.69) is 4.98 Å². The summed E-state index contributed by atoms with van der Waals surface area (Å²) in [5, 5.41) is 0.517. The van der Waals surface area contributed by atoms with E-state index in [0.717, 1.165) is 12.1 Å². The van der Waals surface area contributed by atoms with Crippen LogP contribution in [0.1, 0.15) is 35.3 Å². The molecule has 0 radical (unpaired) electrons. The zero-order valence-electron chi connectivity index (χ0n) is 16.4. The normalized spacial score (nSPS) is 11.7. The number of fused-ring (bicyclic) bond motifs is 1. The Morgan fingerprint density at radius 1 is 1.10 bits per heavy atom. The molecular formula is C22H20F3NO3. The van der Waals surface area contributed by atoms with Crippen molar-refractivity contribution in [2.24, 2.45) is 0 Å². The molecule has 3 aromatic rings. The van der Waals surface area contributed by atoms with Gasteiger partial charge in [-0.05, 0) is 56.7 Å². The number of hydrogen-bond donors (Lipinski definition) is 0. The lowest BCUT2D eigenvalue weighted by Gasteiger charge is -2.16. The number of methoxy groups -OCH3 is 1. The van der Waals surface area contributed by atoms with E-state index in [1.165, 1.54) is 19.2 Å². The molecule has 0 bridgehead atoms. The van der Waals surface area contributed by atoms with E-state index in [1.54, 1.807) is 25.1 Å². The Bertz CT molecular complexity index is 1070. The summed E-state index contributed by atoms with van der Waals surface area (Å²) in [6.45, 7) is 5.40. The summed E-state index contributed by atoms with van der Waals surface area (Å²) in [5.41, 5.74) is 0.925. The summed E-state index contributed by atoms with van der Waals surface area (Å²) in [6.07, 6.45) is -4.54. The molecule has 4 nitrogen and oxygen atoms in total. The van der Waals surface area contributed by atoms with Crippen LogP contribution in [0.4, 0.5) is 13.2 Å². The van der Waals surface area contributed by atoms with Crippen LogP contribution < -0.4 is 4.74 Å². The van der Waals surface area contributed by atoms with Crippen LogP contribution in [0.25, 0.3) is 22.2 Å². The summed E-state index contributed by atoms with van der Waals surface area (Å²) in [4.78, 5) is 17.1. The first-order chi connectivity index (χ1) is 13.6. The van der Waals surface area contributed by atoms with Gasteiger partial charge >= 0.3 is 12.1 Å². The number of alkyl halides is 3. The second kappa shape index (κ2) is 7.73. The largest absolute Gasteiger partial charge is 0.491 e. The van der Waals surface area contributed by atoms with Gasteiger partial charge in [0.15, 0.2) is 0 Å². The van der Waals surface area contributed by atoms with E-state index >= 15 is 0 Å². The summed E-state index contributed by atoms with van der Waals surface area (Å²) in [5.74, 6) is -0.0319. The number of rotatable bonds is 4. The van der Waals surface area contributed by atoms with E-state index < -0.39 is 17.7 Å². The summed E-state index contributed by atoms with van der Waals surface area (Å²) >= 11 is 0. The minimum absolute atomic E-state index is 0.0625. The molecule has 0 spiro atoms. The highest BCUT2D eigenvalue weighted by Gasteiger charge is 2.31. The highest BCUT2D eigenvalue weighted by Crippen LogP contribution is 2.35. The lowest BCUT2D eigenvalue weighted by atomic mass is 9.96. The van der Waals surface area contributed by atoms with Crippen LogP contribution in [-0.4, -0.2) is 24.2 Å². The fourth-order valence-electron chi connectivity index (χ4n) is 3.17. The first kappa shape index (κ1) is 20.6. The smallest absolute Gasteiger partial charge is 0.416 e. The summed E-state index contributed by atoms with van der Waals surface area (Å²) in [7, 11) is 1.26. The Balaban J connectivity index is 2.27. The van der Waals surface area contributed by atoms with Gasteiger partial charge in [0, 0.05) is 10.9 Å². The fraction of sp³-hybridized carbons (Fsp3) is 0.273. The van der Waals surface area contributed by atoms with E-state index in [1.807, 2.05) is 13.8 Å². The SMILES string of the molecule is COC(=O)c1c(C)c(-c2cccc(C(F)(F)F)c2)nc2ccc(OC(C)C)cc12. The van der Waals surface area contributed by atoms with Gasteiger partial charge in [0.1, 0.15) is 5.75 Å². The lowest BCUT2D eigenvalue weighted by Crippen LogP contribution is -2.09. The number of esters is 1. The van der Waals surface area contributed by atoms with Crippen LogP contribution >= 0.6 is 0 Å². The van der Waals surface area contributed by atoms with Gasteiger partial charge in [-0.2, -0.15) is 13.2 Å². The monoisotopic (exact) mass is 403 g/mol. The van der Waals surface area contributed by atoms with Gasteiger partial charge < -0.3 is 9.47 Å². The Morgan fingerprint density at radius 2 is 1.83 bits per heavy atom. The molecule has 7 heteroatoms. The van der Waals surface area contributed by atoms with Crippen molar-refractivity contribution in [1.29, 1.82) is 0 Å². The highest BCUT2D eigenvalue weighted by atomic mass is 19.4. The third-order valence-corrected chi connectivity index (χ3v) is 4.42. The number of ether oxygens (including phenoxy) is 2. The van der Waals surface area contributed by atoms with Gasteiger partial charge in [-0.25, -0.2) is 9.78 Å². The number of pyridine rings is 1. The van der Waals surface area contributed by atoms with E-state index in [-0.39, 0.29) is 17.2 Å². The fourth-order valence-corrected chi connectivity index (χ4v) is 3.17. The minimum atomic E-state index is -4.48. The van der Waals surface area contributed by atoms with Crippen molar-refractivity contribution >= 4 is 16.9 Å². The van der Waals surface area contributed by atoms with Gasteiger partial charge in [-0.1, -0.05) is 12.1 Å². The molecule has 29 heavy (non-hydrogen) atoms. The maximum absolute atomic E-state index is 13.1. The van der Waals surface area contributed by atoms with E-state index in [4.69, 9.17) is 9.47 Å². The van der Waals surface area contributed by atoms with Crippen LogP contribution in [0.15, 0.2) is 42.5 Å². The average Bonchev–Trinajstić information content (AvgIpc) is 2.66. The molecule has 0 saturated heterocycles. The van der Waals surface area contributed by atoms with E-state index in [9.17, 15) is 18.0 Å². The van der Waals surface area contributed by atoms with Gasteiger partial charge in [0.25, 0.3) is 0 Å². The third kappa shape index (κ3) is 4.18. The van der Waals surface area contributed by atoms with Crippen LogP contribution in [0.2, 0.25) is 0 Å². The first-order valence-corrected chi connectivity index (χ1v) is 8.98. The van der Waals surface area contributed by atoms with Crippen molar-refractivity contribution in [3.05, 3.63) is 59.2 Å². The average molecular weight is 403 g/mol. The van der Waals surface area contributed by atoms with Crippen molar-refractivity contribution < 1.29 is 27.4 Å². The predicted octanol–water partition coefficient (Wildman–Crippen LogP) is 5.80. The summed E-state index contributed by atoms with van der Waals surface area (Å²) in [6, 6.07) is 9.96. The maximum Gasteiger partial charge on any atom is 0.416 e. The first-order valence-electron chi connectivity index (χ1n) is 8.98. The van der Waals surface area contributed by atoms with E-state index in [0.29, 0.717) is 27.9 Å². The Kier molecular flexibility index (Phi) is 5.50. The number of hydrogen-bond acceptors (Lipinski definition) is 4. The van der Waals surface area contributed by atoms with Crippen LogP contribution in [0.3, 0.4) is 0 Å². The topological polar surface area (TPSA) is 48.4 Å². The maximum atomic E-state index is 13.1. The van der Waals surface area contributed by atoms with Gasteiger partial charge in [0.05, 0.1) is 35.6 Å². The molecule has 0 aliphatic heterocycles. The lowest BCUT2D eigenvalue weighted by molar-refractivity contribution is -0.137. The van der Waals surface area contributed by atoms with Crippen LogP contribution in [0.5, 0.6) is 5.75 Å². The molecule has 1 heterocycles. The Labute approximate surface area is 166 Å². The predicted molar refractivity (Wildman–Crippen MR) is 104 cm³/mol. The van der Waals surface area contributed by atoms with Crippen molar-refractivity contribution in [2.45, 2.75) is 33.1 Å². The molecule has 2 aromatic carbocycles. The molecule has 0 atom stereocenters. The molecule has 0 aliphatic rings. The number of benzene rings is 2. The van der Waals surface area contributed by atoms with Crippen molar-refractivity contribution in [3.8, 4) is 17.0 Å². The molecule has 0 amide bonds. The number of aromatic nitrogens is 1. The number of carbonyl (C=O) groups is 1. The Hall–Kier alpha value is -3.09. The molecular weight excluding hydrogens is 383 g/mol. The van der Waals surface area contributed by atoms with Gasteiger partial charge in [-0.15, -0.1) is 0 Å². The molecule has 0 fully saturated rings. The molecule has 152 valence electrons. The molecule has 0 unspecified atom stereocenters. The molecule has 1 aromatic heterocycles. The quantitative estimate of drug-likeness (QED) is 0.517. The second-order valence-corrected chi connectivity index (χ2v) is 6.88. The molecule has 0 N–H and O–H groups in total. The van der Waals surface area contributed by atoms with Crippen LogP contribution in [0, 0.1) is 6.92 Å². The van der Waals surface area contributed by atoms with Gasteiger partial charge in [-0.3, -0.25) is 0 Å². The van der Waals surface area contributed by atoms with Crippen LogP contribution in [-0.2, 0) is 10.9 Å². The third-order valence-electron chi connectivity index (χ3n) is 4.42. The van der Waals surface area contributed by atoms with Gasteiger partial charge in [0.2, 0.25) is 0 Å². The second-order valence-electron chi connectivity index (χ2n) is 6.88.